The van der Waals surface area contributed by atoms with Crippen molar-refractivity contribution in [2.45, 2.75) is 32.0 Å². The molecule has 0 bridgehead atoms. The first-order valence-electron chi connectivity index (χ1n) is 6.60. The van der Waals surface area contributed by atoms with Crippen LogP contribution in [0.4, 0.5) is 13.2 Å². The van der Waals surface area contributed by atoms with Gasteiger partial charge >= 0.3 is 6.18 Å². The van der Waals surface area contributed by atoms with E-state index in [0.29, 0.717) is 18.6 Å². The van der Waals surface area contributed by atoms with Crippen LogP contribution in [0.5, 0.6) is 5.75 Å². The van der Waals surface area contributed by atoms with Gasteiger partial charge in [0.2, 0.25) is 0 Å². The Morgan fingerprint density at radius 1 is 1.29 bits per heavy atom. The molecule has 0 aromatic heterocycles. The summed E-state index contributed by atoms with van der Waals surface area (Å²) in [4.78, 5) is 0. The number of rotatable bonds is 8. The van der Waals surface area contributed by atoms with Crippen molar-refractivity contribution in [3.63, 3.8) is 0 Å². The van der Waals surface area contributed by atoms with Crippen LogP contribution in [-0.4, -0.2) is 32.0 Å². The topological polar surface area (TPSA) is 44.5 Å². The number of hydrogen-bond donors (Lipinski definition) is 1. The highest BCUT2D eigenvalue weighted by Crippen LogP contribution is 2.30. The zero-order valence-corrected chi connectivity index (χ0v) is 13.3. The zero-order chi connectivity index (χ0) is 15.9. The van der Waals surface area contributed by atoms with Gasteiger partial charge in [-0.25, -0.2) is 0 Å². The van der Waals surface area contributed by atoms with E-state index in [1.807, 2.05) is 25.1 Å². The molecule has 0 aliphatic heterocycles. The fraction of sp³-hybridized carbons (Fsp3) is 0.571. The second-order valence-corrected chi connectivity index (χ2v) is 5.63. The first-order valence-corrected chi connectivity index (χ1v) is 7.39. The number of benzene rings is 1. The van der Waals surface area contributed by atoms with Gasteiger partial charge in [0, 0.05) is 12.5 Å². The lowest BCUT2D eigenvalue weighted by atomic mass is 10.1. The molecule has 3 nitrogen and oxygen atoms in total. The van der Waals surface area contributed by atoms with E-state index in [0.717, 1.165) is 10.0 Å². The Hall–Kier alpha value is -0.790. The molecular formula is C14H19BrF3NO2. The standard InChI is InChI=1S/C14H19BrF3NO2/c1-10(19)8-11-4-2-5-12(15)13(11)21-7-3-6-20-9-14(16,17)18/h2,4-5,10H,3,6-9,19H2,1H3. The average Bonchev–Trinajstić information content (AvgIpc) is 2.34. The van der Waals surface area contributed by atoms with Gasteiger partial charge < -0.3 is 15.2 Å². The second kappa shape index (κ2) is 8.60. The molecule has 0 radical (unpaired) electrons. The number of ether oxygens (including phenoxy) is 2. The van der Waals surface area contributed by atoms with Gasteiger partial charge in [0.1, 0.15) is 12.4 Å². The minimum Gasteiger partial charge on any atom is -0.492 e. The van der Waals surface area contributed by atoms with Crippen molar-refractivity contribution in [2.24, 2.45) is 5.73 Å². The lowest BCUT2D eigenvalue weighted by Gasteiger charge is -2.15. The number of para-hydroxylation sites is 1. The minimum atomic E-state index is -4.28. The molecule has 0 aliphatic rings. The predicted octanol–water partition coefficient (Wildman–Crippen LogP) is 3.69. The van der Waals surface area contributed by atoms with Crippen LogP contribution >= 0.6 is 15.9 Å². The van der Waals surface area contributed by atoms with E-state index in [9.17, 15) is 13.2 Å². The summed E-state index contributed by atoms with van der Waals surface area (Å²) in [5.74, 6) is 0.686. The van der Waals surface area contributed by atoms with Gasteiger partial charge in [-0.05, 0) is 40.9 Å². The lowest BCUT2D eigenvalue weighted by molar-refractivity contribution is -0.174. The van der Waals surface area contributed by atoms with Crippen molar-refractivity contribution < 1.29 is 22.6 Å². The quantitative estimate of drug-likeness (QED) is 0.710. The third-order valence-corrected chi connectivity index (χ3v) is 3.16. The normalized spacial score (nSPS) is 13.2. The lowest BCUT2D eigenvalue weighted by Crippen LogP contribution is -2.19. The Morgan fingerprint density at radius 2 is 2.00 bits per heavy atom. The molecule has 2 N–H and O–H groups in total. The Balaban J connectivity index is 2.41. The number of nitrogens with two attached hydrogens (primary N) is 1. The Morgan fingerprint density at radius 3 is 2.62 bits per heavy atom. The Bertz CT molecular complexity index is 439. The second-order valence-electron chi connectivity index (χ2n) is 4.78. The van der Waals surface area contributed by atoms with Crippen LogP contribution in [0.2, 0.25) is 0 Å². The summed E-state index contributed by atoms with van der Waals surface area (Å²) in [5.41, 5.74) is 6.75. The molecule has 0 fully saturated rings. The van der Waals surface area contributed by atoms with Crippen molar-refractivity contribution in [3.05, 3.63) is 28.2 Å². The van der Waals surface area contributed by atoms with E-state index in [1.54, 1.807) is 0 Å². The Labute approximate surface area is 130 Å². The molecule has 120 valence electrons. The molecular weight excluding hydrogens is 351 g/mol. The van der Waals surface area contributed by atoms with Gasteiger partial charge in [-0.2, -0.15) is 13.2 Å². The smallest absolute Gasteiger partial charge is 0.411 e. The fourth-order valence-corrected chi connectivity index (χ4v) is 2.27. The Kier molecular flexibility index (Phi) is 7.48. The predicted molar refractivity (Wildman–Crippen MR) is 78.5 cm³/mol. The molecule has 0 aliphatic carbocycles. The average molecular weight is 370 g/mol. The largest absolute Gasteiger partial charge is 0.492 e. The van der Waals surface area contributed by atoms with Gasteiger partial charge in [-0.15, -0.1) is 0 Å². The molecule has 0 heterocycles. The van der Waals surface area contributed by atoms with Crippen LogP contribution in [0.15, 0.2) is 22.7 Å². The molecule has 0 saturated heterocycles. The molecule has 1 unspecified atom stereocenters. The van der Waals surface area contributed by atoms with Crippen molar-refractivity contribution >= 4 is 15.9 Å². The summed E-state index contributed by atoms with van der Waals surface area (Å²) in [7, 11) is 0. The van der Waals surface area contributed by atoms with Crippen LogP contribution in [0.1, 0.15) is 18.9 Å². The van der Waals surface area contributed by atoms with E-state index < -0.39 is 12.8 Å². The molecule has 7 heteroatoms. The van der Waals surface area contributed by atoms with Crippen LogP contribution in [0.3, 0.4) is 0 Å². The maximum absolute atomic E-state index is 11.9. The zero-order valence-electron chi connectivity index (χ0n) is 11.8. The van der Waals surface area contributed by atoms with Crippen molar-refractivity contribution in [2.75, 3.05) is 19.8 Å². The maximum atomic E-state index is 11.9. The van der Waals surface area contributed by atoms with Gasteiger partial charge in [0.05, 0.1) is 17.7 Å². The third-order valence-electron chi connectivity index (χ3n) is 2.54. The highest BCUT2D eigenvalue weighted by Gasteiger charge is 2.27. The molecule has 1 atom stereocenters. The molecule has 1 rings (SSSR count). The summed E-state index contributed by atoms with van der Waals surface area (Å²) in [6.45, 7) is 0.965. The van der Waals surface area contributed by atoms with Crippen molar-refractivity contribution in [1.82, 2.24) is 0 Å². The fourth-order valence-electron chi connectivity index (χ4n) is 1.75. The van der Waals surface area contributed by atoms with Crippen LogP contribution in [0.25, 0.3) is 0 Å². The maximum Gasteiger partial charge on any atom is 0.411 e. The first-order chi connectivity index (χ1) is 9.79. The molecule has 21 heavy (non-hydrogen) atoms. The highest BCUT2D eigenvalue weighted by atomic mass is 79.9. The van der Waals surface area contributed by atoms with Gasteiger partial charge in [-0.3, -0.25) is 0 Å². The van der Waals surface area contributed by atoms with Gasteiger partial charge in [-0.1, -0.05) is 12.1 Å². The van der Waals surface area contributed by atoms with Crippen LogP contribution in [0, 0.1) is 0 Å². The third kappa shape index (κ3) is 7.68. The summed E-state index contributed by atoms with van der Waals surface area (Å²) in [6.07, 6.45) is -3.23. The summed E-state index contributed by atoms with van der Waals surface area (Å²) >= 11 is 3.40. The molecule has 0 amide bonds. The summed E-state index contributed by atoms with van der Waals surface area (Å²) in [5, 5.41) is 0. The van der Waals surface area contributed by atoms with E-state index in [1.165, 1.54) is 0 Å². The summed E-state index contributed by atoms with van der Waals surface area (Å²) in [6, 6.07) is 5.65. The van der Waals surface area contributed by atoms with E-state index in [2.05, 4.69) is 20.7 Å². The monoisotopic (exact) mass is 369 g/mol. The summed E-state index contributed by atoms with van der Waals surface area (Å²) < 4.78 is 46.6. The minimum absolute atomic E-state index is 0.00299. The van der Waals surface area contributed by atoms with Crippen LogP contribution in [-0.2, 0) is 11.2 Å². The van der Waals surface area contributed by atoms with Crippen LogP contribution < -0.4 is 10.5 Å². The molecule has 0 spiro atoms. The number of hydrogen-bond acceptors (Lipinski definition) is 3. The van der Waals surface area contributed by atoms with E-state index >= 15 is 0 Å². The number of alkyl halides is 3. The number of halogens is 4. The molecule has 1 aromatic rings. The highest BCUT2D eigenvalue weighted by molar-refractivity contribution is 9.10. The van der Waals surface area contributed by atoms with Crippen molar-refractivity contribution in [3.8, 4) is 5.75 Å². The molecule has 0 saturated carbocycles. The van der Waals surface area contributed by atoms with Gasteiger partial charge in [0.15, 0.2) is 0 Å². The SMILES string of the molecule is CC(N)Cc1cccc(Br)c1OCCCOCC(F)(F)F. The van der Waals surface area contributed by atoms with Gasteiger partial charge in [0.25, 0.3) is 0 Å². The molecule has 1 aromatic carbocycles. The first kappa shape index (κ1) is 18.3. The van der Waals surface area contributed by atoms with E-state index in [-0.39, 0.29) is 19.3 Å². The van der Waals surface area contributed by atoms with E-state index in [4.69, 9.17) is 10.5 Å². The van der Waals surface area contributed by atoms with Crippen molar-refractivity contribution in [1.29, 1.82) is 0 Å².